The summed E-state index contributed by atoms with van der Waals surface area (Å²) in [6.07, 6.45) is -0.690. The Balaban J connectivity index is 2.00. The minimum Gasteiger partial charge on any atom is -0.458 e. The van der Waals surface area contributed by atoms with Gasteiger partial charge in [0.15, 0.2) is 23.0 Å². The lowest BCUT2D eigenvalue weighted by Gasteiger charge is -2.17. The van der Waals surface area contributed by atoms with Crippen molar-refractivity contribution in [3.8, 4) is 0 Å². The molecule has 8 heteroatoms. The van der Waals surface area contributed by atoms with E-state index < -0.39 is 11.9 Å². The van der Waals surface area contributed by atoms with Crippen LogP contribution in [0.2, 0.25) is 0 Å². The first-order chi connectivity index (χ1) is 16.3. The molecule has 0 amide bonds. The average molecular weight is 463 g/mol. The molecule has 2 aromatic carbocycles. The first-order valence-corrected chi connectivity index (χ1v) is 11.2. The van der Waals surface area contributed by atoms with Gasteiger partial charge < -0.3 is 20.1 Å². The van der Waals surface area contributed by atoms with Gasteiger partial charge in [-0.25, -0.2) is 19.6 Å². The summed E-state index contributed by atoms with van der Waals surface area (Å²) in [5.74, 6) is -0.972. The van der Waals surface area contributed by atoms with Gasteiger partial charge in [-0.1, -0.05) is 60.7 Å². The van der Waals surface area contributed by atoms with Gasteiger partial charge in [0.05, 0.1) is 12.2 Å². The quantitative estimate of drug-likeness (QED) is 0.413. The molecule has 3 aromatic rings. The van der Waals surface area contributed by atoms with Crippen LogP contribution in [-0.2, 0) is 22.6 Å². The first-order valence-electron chi connectivity index (χ1n) is 11.2. The molecule has 8 nitrogen and oxygen atoms in total. The molecule has 0 aliphatic carbocycles. The van der Waals surface area contributed by atoms with Crippen LogP contribution >= 0.6 is 0 Å². The van der Waals surface area contributed by atoms with Crippen molar-refractivity contribution in [2.24, 2.45) is 0 Å². The Hall–Kier alpha value is -3.94. The van der Waals surface area contributed by atoms with E-state index in [1.54, 1.807) is 27.7 Å². The molecule has 1 aromatic heterocycles. The average Bonchev–Trinajstić information content (AvgIpc) is 2.81. The van der Waals surface area contributed by atoms with Crippen LogP contribution in [0, 0.1) is 0 Å². The summed E-state index contributed by atoms with van der Waals surface area (Å²) in [6, 6.07) is 19.3. The van der Waals surface area contributed by atoms with Gasteiger partial charge in [0.25, 0.3) is 0 Å². The van der Waals surface area contributed by atoms with Crippen LogP contribution in [0.3, 0.4) is 0 Å². The van der Waals surface area contributed by atoms with Gasteiger partial charge in [0, 0.05) is 13.1 Å². The molecular weight excluding hydrogens is 432 g/mol. The van der Waals surface area contributed by atoms with Crippen molar-refractivity contribution in [2.45, 2.75) is 53.0 Å². The Kier molecular flexibility index (Phi) is 8.56. The SMILES string of the molecule is CC(C)OC(=O)c1nc(NCc2ccccc2)c(C(=O)OC(C)C)nc1NCc1ccccc1. The van der Waals surface area contributed by atoms with Crippen molar-refractivity contribution in [1.82, 2.24) is 9.97 Å². The van der Waals surface area contributed by atoms with Gasteiger partial charge in [-0.3, -0.25) is 0 Å². The Morgan fingerprint density at radius 1 is 0.676 bits per heavy atom. The van der Waals surface area contributed by atoms with Crippen molar-refractivity contribution in [1.29, 1.82) is 0 Å². The van der Waals surface area contributed by atoms with Gasteiger partial charge in [0.1, 0.15) is 0 Å². The maximum absolute atomic E-state index is 12.9. The minimum absolute atomic E-state index is 0.0127. The highest BCUT2D eigenvalue weighted by atomic mass is 16.5. The highest BCUT2D eigenvalue weighted by Gasteiger charge is 2.26. The summed E-state index contributed by atoms with van der Waals surface area (Å²) in [4.78, 5) is 34.7. The highest BCUT2D eigenvalue weighted by Crippen LogP contribution is 2.22. The molecule has 0 radical (unpaired) electrons. The topological polar surface area (TPSA) is 102 Å². The molecule has 0 aliphatic heterocycles. The molecule has 3 rings (SSSR count). The van der Waals surface area contributed by atoms with Crippen molar-refractivity contribution in [3.63, 3.8) is 0 Å². The van der Waals surface area contributed by atoms with Gasteiger partial charge in [-0.2, -0.15) is 0 Å². The summed E-state index contributed by atoms with van der Waals surface area (Å²) >= 11 is 0. The van der Waals surface area contributed by atoms with Crippen LogP contribution in [0.25, 0.3) is 0 Å². The normalized spacial score (nSPS) is 10.8. The van der Waals surface area contributed by atoms with Gasteiger partial charge in [-0.15, -0.1) is 0 Å². The number of aromatic nitrogens is 2. The molecule has 0 spiro atoms. The third kappa shape index (κ3) is 7.03. The molecular formula is C26H30N4O4. The van der Waals surface area contributed by atoms with E-state index >= 15 is 0 Å². The second-order valence-electron chi connectivity index (χ2n) is 8.20. The maximum atomic E-state index is 12.9. The molecule has 178 valence electrons. The molecule has 2 N–H and O–H groups in total. The smallest absolute Gasteiger partial charge is 0.361 e. The number of hydrogen-bond acceptors (Lipinski definition) is 8. The lowest BCUT2D eigenvalue weighted by atomic mass is 10.2. The lowest BCUT2D eigenvalue weighted by molar-refractivity contribution is 0.0352. The predicted octanol–water partition coefficient (Wildman–Crippen LogP) is 4.83. The van der Waals surface area contributed by atoms with E-state index in [0.717, 1.165) is 11.1 Å². The number of nitrogens with one attached hydrogen (secondary N) is 2. The van der Waals surface area contributed by atoms with E-state index in [9.17, 15) is 9.59 Å². The fourth-order valence-corrected chi connectivity index (χ4v) is 3.07. The van der Waals surface area contributed by atoms with Gasteiger partial charge in [0.2, 0.25) is 0 Å². The molecule has 0 bridgehead atoms. The number of nitrogens with zero attached hydrogens (tertiary/aromatic N) is 2. The molecule has 0 atom stereocenters. The number of anilines is 2. The second-order valence-corrected chi connectivity index (χ2v) is 8.20. The summed E-state index contributed by atoms with van der Waals surface area (Å²) in [7, 11) is 0. The van der Waals surface area contributed by atoms with Crippen LogP contribution in [0.5, 0.6) is 0 Å². The van der Waals surface area contributed by atoms with E-state index in [1.807, 2.05) is 60.7 Å². The number of carbonyl (C=O) groups excluding carboxylic acids is 2. The predicted molar refractivity (Wildman–Crippen MR) is 131 cm³/mol. The highest BCUT2D eigenvalue weighted by molar-refractivity contribution is 5.97. The number of rotatable bonds is 10. The third-order valence-electron chi connectivity index (χ3n) is 4.57. The van der Waals surface area contributed by atoms with Crippen molar-refractivity contribution in [2.75, 3.05) is 10.6 Å². The lowest BCUT2D eigenvalue weighted by Crippen LogP contribution is -2.22. The van der Waals surface area contributed by atoms with E-state index in [2.05, 4.69) is 20.6 Å². The molecule has 0 fully saturated rings. The summed E-state index contributed by atoms with van der Waals surface area (Å²) < 4.78 is 10.8. The Labute approximate surface area is 199 Å². The van der Waals surface area contributed by atoms with E-state index in [1.165, 1.54) is 0 Å². The van der Waals surface area contributed by atoms with Gasteiger partial charge >= 0.3 is 11.9 Å². The van der Waals surface area contributed by atoms with Crippen LogP contribution in [0.4, 0.5) is 11.6 Å². The number of ether oxygens (including phenoxy) is 2. The van der Waals surface area contributed by atoms with Crippen molar-refractivity contribution in [3.05, 3.63) is 83.2 Å². The zero-order chi connectivity index (χ0) is 24.5. The fraction of sp³-hybridized carbons (Fsp3) is 0.308. The third-order valence-corrected chi connectivity index (χ3v) is 4.57. The maximum Gasteiger partial charge on any atom is 0.361 e. The summed E-state index contributed by atoms with van der Waals surface area (Å²) in [5, 5.41) is 6.25. The number of hydrogen-bond donors (Lipinski definition) is 2. The molecule has 0 saturated carbocycles. The van der Waals surface area contributed by atoms with Crippen LogP contribution in [0.15, 0.2) is 60.7 Å². The summed E-state index contributed by atoms with van der Waals surface area (Å²) in [6.45, 7) is 7.78. The van der Waals surface area contributed by atoms with Crippen LogP contribution in [0.1, 0.15) is 59.8 Å². The number of carbonyl (C=O) groups is 2. The first kappa shape index (κ1) is 24.7. The Morgan fingerprint density at radius 2 is 1.03 bits per heavy atom. The number of benzene rings is 2. The standard InChI is InChI=1S/C26H30N4O4/c1-17(2)33-25(31)21-23(27-15-19-11-7-5-8-12-19)30-22(26(32)34-18(3)4)24(29-21)28-16-20-13-9-6-10-14-20/h5-14,17-18H,15-16H2,1-4H3,(H,28,29)(H,27,30). The van der Waals surface area contributed by atoms with E-state index in [-0.39, 0.29) is 35.2 Å². The monoisotopic (exact) mass is 462 g/mol. The van der Waals surface area contributed by atoms with Crippen LogP contribution < -0.4 is 10.6 Å². The van der Waals surface area contributed by atoms with E-state index in [0.29, 0.717) is 13.1 Å². The van der Waals surface area contributed by atoms with Crippen molar-refractivity contribution < 1.29 is 19.1 Å². The molecule has 0 unspecified atom stereocenters. The molecule has 34 heavy (non-hydrogen) atoms. The van der Waals surface area contributed by atoms with Crippen LogP contribution in [-0.4, -0.2) is 34.1 Å². The van der Waals surface area contributed by atoms with Crippen molar-refractivity contribution >= 4 is 23.6 Å². The second kappa shape index (κ2) is 11.8. The zero-order valence-electron chi connectivity index (χ0n) is 19.9. The Bertz CT molecular complexity index is 1010. The zero-order valence-corrected chi connectivity index (χ0v) is 19.9. The van der Waals surface area contributed by atoms with Gasteiger partial charge in [-0.05, 0) is 38.8 Å². The molecule has 0 saturated heterocycles. The summed E-state index contributed by atoms with van der Waals surface area (Å²) in [5.41, 5.74) is 1.93. The Morgan fingerprint density at radius 3 is 1.35 bits per heavy atom. The fourth-order valence-electron chi connectivity index (χ4n) is 3.07. The minimum atomic E-state index is -0.635. The molecule has 1 heterocycles. The largest absolute Gasteiger partial charge is 0.458 e. The van der Waals surface area contributed by atoms with E-state index in [4.69, 9.17) is 9.47 Å². The number of esters is 2. The molecule has 0 aliphatic rings.